The third-order valence-corrected chi connectivity index (χ3v) is 9.52. The van der Waals surface area contributed by atoms with Gasteiger partial charge >= 0.3 is 12.2 Å². The van der Waals surface area contributed by atoms with Crippen LogP contribution in [0, 0.1) is 0 Å². The molecule has 2 N–H and O–H groups in total. The minimum Gasteiger partial charge on any atom is -0.455 e. The molecule has 10 nitrogen and oxygen atoms in total. The topological polar surface area (TPSA) is 103 Å². The van der Waals surface area contributed by atoms with Crippen LogP contribution in [0.15, 0.2) is 42.9 Å². The number of anilines is 1. The fourth-order valence-corrected chi connectivity index (χ4v) is 6.61. The number of aromatic nitrogens is 4. The molecule has 0 bridgehead atoms. The molecule has 0 radical (unpaired) electrons. The van der Waals surface area contributed by atoms with E-state index in [0.717, 1.165) is 60.1 Å². The van der Waals surface area contributed by atoms with Crippen molar-refractivity contribution in [2.45, 2.75) is 64.2 Å². The Bertz CT molecular complexity index is 1760. The normalized spacial score (nSPS) is 19.2. The Labute approximate surface area is 271 Å². The number of fused-ring (bicyclic) bond motifs is 2. The van der Waals surface area contributed by atoms with E-state index < -0.39 is 17.8 Å². The Morgan fingerprint density at radius 1 is 1.04 bits per heavy atom. The number of nitrogens with zero attached hydrogens (tertiary/aromatic N) is 6. The van der Waals surface area contributed by atoms with Crippen LogP contribution in [0.5, 0.6) is 11.5 Å². The number of piperazine rings is 1. The second-order valence-corrected chi connectivity index (χ2v) is 12.7. The van der Waals surface area contributed by atoms with E-state index in [1.165, 1.54) is 19.0 Å². The zero-order chi connectivity index (χ0) is 32.7. The molecule has 2 aliphatic heterocycles. The Kier molecular flexibility index (Phi) is 8.52. The molecule has 2 amide bonds. The number of alkyl halides is 3. The van der Waals surface area contributed by atoms with E-state index in [9.17, 15) is 18.0 Å². The molecule has 4 aromatic rings. The van der Waals surface area contributed by atoms with Crippen LogP contribution in [0.1, 0.15) is 73.2 Å². The highest BCUT2D eigenvalue weighted by Gasteiger charge is 2.36. The van der Waals surface area contributed by atoms with Crippen molar-refractivity contribution in [2.75, 3.05) is 44.6 Å². The summed E-state index contributed by atoms with van der Waals surface area (Å²) in [4.78, 5) is 36.1. The molecule has 47 heavy (non-hydrogen) atoms. The van der Waals surface area contributed by atoms with Crippen LogP contribution in [-0.4, -0.2) is 79.9 Å². The number of nitrogens with one attached hydrogen (secondary N) is 2. The van der Waals surface area contributed by atoms with Crippen molar-refractivity contribution in [3.63, 3.8) is 0 Å². The van der Waals surface area contributed by atoms with E-state index in [-0.39, 0.29) is 30.4 Å². The number of hydrogen-bond acceptors (Lipinski definition) is 7. The fraction of sp³-hybridized carbons (Fsp3) is 0.471. The molecule has 6 heterocycles. The molecule has 13 heteroatoms. The lowest BCUT2D eigenvalue weighted by Gasteiger charge is -2.34. The maximum atomic E-state index is 14.2. The van der Waals surface area contributed by atoms with Gasteiger partial charge in [-0.25, -0.2) is 9.78 Å². The molecule has 1 saturated heterocycles. The summed E-state index contributed by atoms with van der Waals surface area (Å²) in [6, 6.07) is 6.32. The van der Waals surface area contributed by atoms with Gasteiger partial charge in [0.1, 0.15) is 17.1 Å². The molecule has 4 aromatic heterocycles. The summed E-state index contributed by atoms with van der Waals surface area (Å²) in [5.41, 5.74) is 2.81. The quantitative estimate of drug-likeness (QED) is 0.219. The van der Waals surface area contributed by atoms with Crippen molar-refractivity contribution < 1.29 is 22.7 Å². The number of amides is 2. The summed E-state index contributed by atoms with van der Waals surface area (Å²) >= 11 is 0. The highest BCUT2D eigenvalue weighted by atomic mass is 19.4. The van der Waals surface area contributed by atoms with Crippen LogP contribution >= 0.6 is 0 Å². The van der Waals surface area contributed by atoms with Gasteiger partial charge in [0.05, 0.1) is 40.4 Å². The van der Waals surface area contributed by atoms with Gasteiger partial charge in [0, 0.05) is 63.6 Å². The molecule has 0 aromatic carbocycles. The zero-order valence-electron chi connectivity index (χ0n) is 26.6. The summed E-state index contributed by atoms with van der Waals surface area (Å²) in [6.45, 7) is 8.76. The average molecular weight is 649 g/mol. The average Bonchev–Trinajstić information content (AvgIpc) is 3.83. The van der Waals surface area contributed by atoms with Gasteiger partial charge < -0.3 is 24.8 Å². The van der Waals surface area contributed by atoms with Crippen LogP contribution in [-0.2, 0) is 19.3 Å². The first-order valence-corrected chi connectivity index (χ1v) is 16.4. The maximum Gasteiger partial charge on any atom is 0.418 e. The first-order valence-electron chi connectivity index (χ1n) is 16.4. The van der Waals surface area contributed by atoms with Crippen LogP contribution < -0.4 is 10.1 Å². The zero-order valence-corrected chi connectivity index (χ0v) is 26.6. The number of rotatable bonds is 8. The van der Waals surface area contributed by atoms with E-state index >= 15 is 0 Å². The molecule has 0 unspecified atom stereocenters. The van der Waals surface area contributed by atoms with Crippen molar-refractivity contribution in [3.8, 4) is 11.5 Å². The SMILES string of the molecule is CC[C@@H]1CN(C(=O)Nc2cnc(CN3CCN(CC)CC3)c(C(F)(F)F)c2)Cc2cc(Oc3ccnc4[nH]c(C5CC5)cc34)cnc21. The van der Waals surface area contributed by atoms with Gasteiger partial charge in [-0.15, -0.1) is 0 Å². The van der Waals surface area contributed by atoms with Gasteiger partial charge in [0.2, 0.25) is 0 Å². The molecule has 1 aliphatic carbocycles. The number of likely N-dealkylation sites (N-methyl/N-ethyl adjacent to an activating group) is 1. The molecule has 7 rings (SSSR count). The van der Waals surface area contributed by atoms with Crippen molar-refractivity contribution in [3.05, 3.63) is 71.1 Å². The number of urea groups is 1. The number of halogens is 3. The molecule has 3 aliphatic rings. The smallest absolute Gasteiger partial charge is 0.418 e. The van der Waals surface area contributed by atoms with Crippen LogP contribution in [0.3, 0.4) is 0 Å². The largest absolute Gasteiger partial charge is 0.455 e. The summed E-state index contributed by atoms with van der Waals surface area (Å²) in [5, 5.41) is 3.58. The van der Waals surface area contributed by atoms with Gasteiger partial charge in [-0.3, -0.25) is 14.9 Å². The fourth-order valence-electron chi connectivity index (χ4n) is 6.61. The van der Waals surface area contributed by atoms with Gasteiger partial charge in [0.25, 0.3) is 0 Å². The van der Waals surface area contributed by atoms with Crippen molar-refractivity contribution in [1.82, 2.24) is 34.6 Å². The molecule has 248 valence electrons. The Morgan fingerprint density at radius 3 is 2.55 bits per heavy atom. The molecule has 2 fully saturated rings. The van der Waals surface area contributed by atoms with Crippen LogP contribution in [0.4, 0.5) is 23.7 Å². The summed E-state index contributed by atoms with van der Waals surface area (Å²) in [5.74, 6) is 1.72. The van der Waals surface area contributed by atoms with E-state index in [2.05, 4.69) is 38.2 Å². The Morgan fingerprint density at radius 2 is 1.83 bits per heavy atom. The minimum atomic E-state index is -4.60. The molecular weight excluding hydrogens is 609 g/mol. The second-order valence-electron chi connectivity index (χ2n) is 12.7. The number of carbonyl (C=O) groups is 1. The first kappa shape index (κ1) is 31.4. The van der Waals surface area contributed by atoms with E-state index in [0.29, 0.717) is 37.1 Å². The Hall–Kier alpha value is -4.23. The van der Waals surface area contributed by atoms with Gasteiger partial charge in [0.15, 0.2) is 0 Å². The lowest BCUT2D eigenvalue weighted by molar-refractivity contribution is -0.138. The van der Waals surface area contributed by atoms with E-state index in [1.54, 1.807) is 17.3 Å². The highest BCUT2D eigenvalue weighted by molar-refractivity contribution is 5.89. The number of pyridine rings is 3. The molecule has 1 saturated carbocycles. The molecular formula is C34H39F3N8O2. The predicted octanol–water partition coefficient (Wildman–Crippen LogP) is 6.72. The summed E-state index contributed by atoms with van der Waals surface area (Å²) in [6.07, 6.45) is 3.20. The third kappa shape index (κ3) is 6.77. The number of hydrogen-bond donors (Lipinski definition) is 2. The van der Waals surface area contributed by atoms with Gasteiger partial charge in [-0.1, -0.05) is 13.8 Å². The first-order chi connectivity index (χ1) is 22.7. The Balaban J connectivity index is 1.07. The minimum absolute atomic E-state index is 0.00899. The van der Waals surface area contributed by atoms with Crippen molar-refractivity contribution in [2.24, 2.45) is 0 Å². The molecule has 1 atom stereocenters. The standard InChI is InChI=1S/C34H39F3N8O2/c1-3-21-18-45(33(46)41-24-14-27(34(35,36)37)29(39-16-24)20-44-11-9-43(4-2)10-12-44)19-23-13-25(17-40-31(21)23)47-30-7-8-38-32-26(30)15-28(42-32)22-5-6-22/h7-8,13-17,21-22H,3-6,9-12,18-20H2,1-2H3,(H,38,42)(H,41,46)/t21-/m1/s1. The monoisotopic (exact) mass is 648 g/mol. The molecule has 0 spiro atoms. The van der Waals surface area contributed by atoms with E-state index in [1.807, 2.05) is 24.0 Å². The van der Waals surface area contributed by atoms with Gasteiger partial charge in [-0.05, 0) is 61.6 Å². The number of carbonyl (C=O) groups excluding carboxylic acids is 1. The summed E-state index contributed by atoms with van der Waals surface area (Å²) in [7, 11) is 0. The number of ether oxygens (including phenoxy) is 1. The van der Waals surface area contributed by atoms with Crippen molar-refractivity contribution >= 4 is 22.8 Å². The van der Waals surface area contributed by atoms with Crippen LogP contribution in [0.2, 0.25) is 0 Å². The predicted molar refractivity (Wildman–Crippen MR) is 171 cm³/mol. The summed E-state index contributed by atoms with van der Waals surface area (Å²) < 4.78 is 48.8. The van der Waals surface area contributed by atoms with E-state index in [4.69, 9.17) is 9.72 Å². The van der Waals surface area contributed by atoms with Crippen molar-refractivity contribution in [1.29, 1.82) is 0 Å². The maximum absolute atomic E-state index is 14.2. The van der Waals surface area contributed by atoms with Crippen LogP contribution in [0.25, 0.3) is 11.0 Å². The van der Waals surface area contributed by atoms with Gasteiger partial charge in [-0.2, -0.15) is 13.2 Å². The lowest BCUT2D eigenvalue weighted by Crippen LogP contribution is -2.45. The highest BCUT2D eigenvalue weighted by Crippen LogP contribution is 2.42. The third-order valence-electron chi connectivity index (χ3n) is 9.52. The number of H-pyrrole nitrogens is 1. The second kappa shape index (κ2) is 12.8. The lowest BCUT2D eigenvalue weighted by atomic mass is 9.92. The number of aromatic amines is 1.